The van der Waals surface area contributed by atoms with Gasteiger partial charge in [0, 0.05) is 25.2 Å². The summed E-state index contributed by atoms with van der Waals surface area (Å²) in [6.45, 7) is 4.01. The Morgan fingerprint density at radius 2 is 1.73 bits per heavy atom. The van der Waals surface area contributed by atoms with Crippen molar-refractivity contribution >= 4 is 11.6 Å². The van der Waals surface area contributed by atoms with Gasteiger partial charge in [-0.15, -0.1) is 0 Å². The molecule has 0 radical (unpaired) electrons. The lowest BCUT2D eigenvalue weighted by molar-refractivity contribution is -0.114. The van der Waals surface area contributed by atoms with Crippen LogP contribution in [-0.2, 0) is 11.3 Å². The van der Waals surface area contributed by atoms with Crippen LogP contribution >= 0.6 is 0 Å². The molecule has 22 heavy (non-hydrogen) atoms. The van der Waals surface area contributed by atoms with Crippen LogP contribution in [0.15, 0.2) is 54.6 Å². The molecule has 116 valence electrons. The van der Waals surface area contributed by atoms with Crippen LogP contribution in [0.1, 0.15) is 31.1 Å². The lowest BCUT2D eigenvalue weighted by atomic mass is 10.0. The van der Waals surface area contributed by atoms with E-state index in [0.29, 0.717) is 6.54 Å². The maximum absolute atomic E-state index is 11.2. The van der Waals surface area contributed by atoms with Crippen molar-refractivity contribution in [3.05, 3.63) is 65.7 Å². The number of carbonyl (C=O) groups excluding carboxylic acids is 1. The monoisotopic (exact) mass is 298 g/mol. The van der Waals surface area contributed by atoms with Gasteiger partial charge in [-0.25, -0.2) is 0 Å². The molecule has 2 atom stereocenters. The number of hydrogen-bond donors (Lipinski definition) is 3. The Labute approximate surface area is 131 Å². The molecule has 4 heteroatoms. The molecule has 0 bridgehead atoms. The summed E-state index contributed by atoms with van der Waals surface area (Å²) in [5.74, 6) is -0.0928. The van der Waals surface area contributed by atoms with Gasteiger partial charge in [0.05, 0.1) is 6.10 Å². The van der Waals surface area contributed by atoms with E-state index in [4.69, 9.17) is 0 Å². The Bertz CT molecular complexity index is 613. The maximum Gasteiger partial charge on any atom is 0.221 e. The fourth-order valence-electron chi connectivity index (χ4n) is 2.31. The van der Waals surface area contributed by atoms with Crippen LogP contribution < -0.4 is 10.6 Å². The van der Waals surface area contributed by atoms with E-state index < -0.39 is 6.10 Å². The van der Waals surface area contributed by atoms with Gasteiger partial charge in [0.2, 0.25) is 5.91 Å². The predicted octanol–water partition coefficient (Wildman–Crippen LogP) is 2.86. The number of carbonyl (C=O) groups is 1. The molecule has 0 saturated heterocycles. The third kappa shape index (κ3) is 4.41. The summed E-state index contributed by atoms with van der Waals surface area (Å²) in [5, 5.41) is 16.5. The summed E-state index contributed by atoms with van der Waals surface area (Å²) in [5.41, 5.74) is 2.67. The summed E-state index contributed by atoms with van der Waals surface area (Å²) in [4.78, 5) is 11.2. The number of rotatable bonds is 6. The van der Waals surface area contributed by atoms with Gasteiger partial charge in [-0.2, -0.15) is 0 Å². The van der Waals surface area contributed by atoms with Crippen LogP contribution in [-0.4, -0.2) is 17.1 Å². The van der Waals surface area contributed by atoms with Crippen molar-refractivity contribution in [1.82, 2.24) is 5.32 Å². The number of para-hydroxylation sites is 1. The van der Waals surface area contributed by atoms with E-state index in [1.165, 1.54) is 6.92 Å². The quantitative estimate of drug-likeness (QED) is 0.768. The second-order valence-electron chi connectivity index (χ2n) is 5.36. The lowest BCUT2D eigenvalue weighted by Crippen LogP contribution is -2.32. The van der Waals surface area contributed by atoms with Gasteiger partial charge in [0.25, 0.3) is 0 Å². The number of hydrogen-bond acceptors (Lipinski definition) is 3. The minimum Gasteiger partial charge on any atom is -0.387 e. The minimum atomic E-state index is -0.575. The molecule has 0 aromatic heterocycles. The zero-order chi connectivity index (χ0) is 15.9. The molecule has 0 spiro atoms. The Hall–Kier alpha value is -2.17. The molecular weight excluding hydrogens is 276 g/mol. The number of aliphatic hydroxyl groups is 1. The van der Waals surface area contributed by atoms with Crippen molar-refractivity contribution in [3.63, 3.8) is 0 Å². The van der Waals surface area contributed by atoms with Gasteiger partial charge in [-0.1, -0.05) is 48.5 Å². The first-order valence-electron chi connectivity index (χ1n) is 7.40. The molecule has 2 aromatic carbocycles. The molecule has 2 rings (SSSR count). The number of anilines is 1. The Morgan fingerprint density at radius 1 is 1.09 bits per heavy atom. The lowest BCUT2D eigenvalue weighted by Gasteiger charge is -2.21. The van der Waals surface area contributed by atoms with Gasteiger partial charge in [0.15, 0.2) is 0 Å². The third-order valence-electron chi connectivity index (χ3n) is 3.56. The van der Waals surface area contributed by atoms with E-state index >= 15 is 0 Å². The number of amides is 1. The molecule has 0 aliphatic carbocycles. The first-order valence-corrected chi connectivity index (χ1v) is 7.40. The number of aliphatic hydroxyl groups excluding tert-OH is 1. The zero-order valence-electron chi connectivity index (χ0n) is 12.9. The fourth-order valence-corrected chi connectivity index (χ4v) is 2.31. The van der Waals surface area contributed by atoms with Crippen molar-refractivity contribution in [3.8, 4) is 0 Å². The molecular formula is C18H22N2O2. The van der Waals surface area contributed by atoms with E-state index in [2.05, 4.69) is 10.6 Å². The van der Waals surface area contributed by atoms with Gasteiger partial charge in [0.1, 0.15) is 0 Å². The normalized spacial score (nSPS) is 13.4. The molecule has 0 fully saturated rings. The molecule has 2 unspecified atom stereocenters. The van der Waals surface area contributed by atoms with Crippen LogP contribution in [0, 0.1) is 0 Å². The van der Waals surface area contributed by atoms with E-state index in [1.807, 2.05) is 61.5 Å². The fraction of sp³-hybridized carbons (Fsp3) is 0.278. The number of nitrogens with one attached hydrogen (secondary N) is 2. The highest BCUT2D eigenvalue weighted by molar-refractivity contribution is 5.89. The molecule has 0 aliphatic rings. The highest BCUT2D eigenvalue weighted by Crippen LogP contribution is 2.18. The Balaban J connectivity index is 1.99. The number of benzene rings is 2. The van der Waals surface area contributed by atoms with Gasteiger partial charge < -0.3 is 15.7 Å². The van der Waals surface area contributed by atoms with E-state index in [0.717, 1.165) is 16.8 Å². The van der Waals surface area contributed by atoms with E-state index in [-0.39, 0.29) is 11.9 Å². The molecule has 0 aliphatic heterocycles. The predicted molar refractivity (Wildman–Crippen MR) is 88.4 cm³/mol. The van der Waals surface area contributed by atoms with Crippen LogP contribution in [0.5, 0.6) is 0 Å². The van der Waals surface area contributed by atoms with E-state index in [9.17, 15) is 9.90 Å². The van der Waals surface area contributed by atoms with Crippen molar-refractivity contribution in [1.29, 1.82) is 0 Å². The molecule has 0 heterocycles. The van der Waals surface area contributed by atoms with Crippen LogP contribution in [0.25, 0.3) is 0 Å². The second kappa shape index (κ2) is 7.73. The van der Waals surface area contributed by atoms with Gasteiger partial charge >= 0.3 is 0 Å². The molecule has 3 N–H and O–H groups in total. The average molecular weight is 298 g/mol. The maximum atomic E-state index is 11.2. The first kappa shape index (κ1) is 16.2. The molecule has 4 nitrogen and oxygen atoms in total. The van der Waals surface area contributed by atoms with E-state index in [1.54, 1.807) is 0 Å². The van der Waals surface area contributed by atoms with Crippen molar-refractivity contribution < 1.29 is 9.90 Å². The average Bonchev–Trinajstić information content (AvgIpc) is 2.53. The summed E-state index contributed by atoms with van der Waals surface area (Å²) < 4.78 is 0. The smallest absolute Gasteiger partial charge is 0.221 e. The van der Waals surface area contributed by atoms with Crippen molar-refractivity contribution in [2.45, 2.75) is 32.5 Å². The SMILES string of the molecule is CC(=O)Nc1ccccc1CNC(C)C(O)c1ccccc1. The van der Waals surface area contributed by atoms with Crippen molar-refractivity contribution in [2.75, 3.05) is 5.32 Å². The second-order valence-corrected chi connectivity index (χ2v) is 5.36. The Morgan fingerprint density at radius 3 is 2.41 bits per heavy atom. The largest absolute Gasteiger partial charge is 0.387 e. The van der Waals surface area contributed by atoms with Crippen LogP contribution in [0.3, 0.4) is 0 Å². The third-order valence-corrected chi connectivity index (χ3v) is 3.56. The Kier molecular flexibility index (Phi) is 5.69. The van der Waals surface area contributed by atoms with Gasteiger partial charge in [-0.3, -0.25) is 4.79 Å². The molecule has 1 amide bonds. The highest BCUT2D eigenvalue weighted by Gasteiger charge is 2.16. The summed E-state index contributed by atoms with van der Waals surface area (Å²) in [6.07, 6.45) is -0.575. The molecule has 0 saturated carbocycles. The summed E-state index contributed by atoms with van der Waals surface area (Å²) in [7, 11) is 0. The van der Waals surface area contributed by atoms with Crippen LogP contribution in [0.2, 0.25) is 0 Å². The molecule has 2 aromatic rings. The highest BCUT2D eigenvalue weighted by atomic mass is 16.3. The standard InChI is InChI=1S/C18H22N2O2/c1-13(18(22)15-8-4-3-5-9-15)19-12-16-10-6-7-11-17(16)20-14(2)21/h3-11,13,18-19,22H,12H2,1-2H3,(H,20,21). The van der Waals surface area contributed by atoms with Crippen LogP contribution in [0.4, 0.5) is 5.69 Å². The van der Waals surface area contributed by atoms with Crippen molar-refractivity contribution in [2.24, 2.45) is 0 Å². The summed E-state index contributed by atoms with van der Waals surface area (Å²) in [6, 6.07) is 17.1. The topological polar surface area (TPSA) is 61.4 Å². The minimum absolute atomic E-state index is 0.0928. The first-order chi connectivity index (χ1) is 10.6. The summed E-state index contributed by atoms with van der Waals surface area (Å²) >= 11 is 0. The van der Waals surface area contributed by atoms with Gasteiger partial charge in [-0.05, 0) is 24.1 Å². The zero-order valence-corrected chi connectivity index (χ0v) is 12.9.